The van der Waals surface area contributed by atoms with Gasteiger partial charge in [0.1, 0.15) is 11.9 Å². The Balaban J connectivity index is 1.97. The number of terminal acetylenes is 1. The Morgan fingerprint density at radius 3 is 2.95 bits per heavy atom. The van der Waals surface area contributed by atoms with Crippen molar-refractivity contribution in [3.8, 4) is 12.3 Å². The summed E-state index contributed by atoms with van der Waals surface area (Å²) in [6, 6.07) is 3.08. The lowest BCUT2D eigenvalue weighted by Crippen LogP contribution is -2.31. The Morgan fingerprint density at radius 2 is 2.40 bits per heavy atom. The van der Waals surface area contributed by atoms with E-state index < -0.39 is 0 Å². The average Bonchev–Trinajstić information content (AvgIpc) is 2.77. The molecule has 0 spiro atoms. The van der Waals surface area contributed by atoms with Gasteiger partial charge in [-0.2, -0.15) is 0 Å². The quantitative estimate of drug-likeness (QED) is 0.762. The molecule has 2 amide bonds. The Kier molecular flexibility index (Phi) is 4.20. The van der Waals surface area contributed by atoms with E-state index in [1.54, 1.807) is 24.1 Å². The molecular weight excluding hydrogens is 256 g/mol. The summed E-state index contributed by atoms with van der Waals surface area (Å²) in [7, 11) is 1.77. The fourth-order valence-corrected chi connectivity index (χ4v) is 1.98. The van der Waals surface area contributed by atoms with Gasteiger partial charge in [-0.15, -0.1) is 6.42 Å². The highest BCUT2D eigenvalue weighted by Crippen LogP contribution is 2.14. The molecule has 0 radical (unpaired) electrons. The second-order valence-electron chi connectivity index (χ2n) is 4.56. The molecule has 6 heteroatoms. The Hall–Kier alpha value is -2.55. The van der Waals surface area contributed by atoms with Crippen LogP contribution >= 0.6 is 0 Å². The van der Waals surface area contributed by atoms with E-state index >= 15 is 0 Å². The first-order chi connectivity index (χ1) is 9.61. The molecule has 1 saturated heterocycles. The van der Waals surface area contributed by atoms with Crippen LogP contribution in [-0.4, -0.2) is 47.9 Å². The molecule has 6 nitrogen and oxygen atoms in total. The number of likely N-dealkylation sites (tertiary alicyclic amines) is 1. The molecule has 1 unspecified atom stereocenters. The molecule has 2 N–H and O–H groups in total. The molecule has 20 heavy (non-hydrogen) atoms. The molecule has 2 rings (SSSR count). The van der Waals surface area contributed by atoms with Crippen molar-refractivity contribution in [3.63, 3.8) is 0 Å². The van der Waals surface area contributed by atoms with Gasteiger partial charge in [-0.25, -0.2) is 4.98 Å². The summed E-state index contributed by atoms with van der Waals surface area (Å²) in [6.45, 7) is 0.921. The van der Waals surface area contributed by atoms with E-state index in [1.807, 2.05) is 0 Å². The fraction of sp³-hybridized carbons (Fsp3) is 0.357. The lowest BCUT2D eigenvalue weighted by atomic mass is 10.2. The minimum Gasteiger partial charge on any atom is -0.358 e. The number of carbonyl (C=O) groups excluding carboxylic acids is 2. The highest BCUT2D eigenvalue weighted by Gasteiger charge is 2.28. The number of anilines is 1. The molecule has 1 fully saturated rings. The van der Waals surface area contributed by atoms with Gasteiger partial charge in [-0.05, 0) is 18.6 Å². The first-order valence-electron chi connectivity index (χ1n) is 6.31. The molecule has 0 saturated carbocycles. The van der Waals surface area contributed by atoms with Crippen LogP contribution in [0.4, 0.5) is 5.82 Å². The highest BCUT2D eigenvalue weighted by molar-refractivity contribution is 5.94. The zero-order valence-electron chi connectivity index (χ0n) is 11.2. The van der Waals surface area contributed by atoms with Gasteiger partial charge in [0, 0.05) is 19.8 Å². The molecule has 1 aliphatic heterocycles. The maximum atomic E-state index is 11.8. The zero-order valence-corrected chi connectivity index (χ0v) is 11.2. The Morgan fingerprint density at radius 1 is 1.60 bits per heavy atom. The maximum Gasteiger partial charge on any atom is 0.253 e. The van der Waals surface area contributed by atoms with E-state index in [9.17, 15) is 9.59 Å². The van der Waals surface area contributed by atoms with Crippen LogP contribution in [0.25, 0.3) is 0 Å². The third-order valence-corrected chi connectivity index (χ3v) is 3.13. The lowest BCUT2D eigenvalue weighted by Gasteiger charge is -2.12. The first kappa shape index (κ1) is 13.9. The second-order valence-corrected chi connectivity index (χ2v) is 4.56. The summed E-state index contributed by atoms with van der Waals surface area (Å²) >= 11 is 0. The maximum absolute atomic E-state index is 11.8. The minimum absolute atomic E-state index is 0.0580. The number of pyridine rings is 1. The van der Waals surface area contributed by atoms with Crippen LogP contribution in [-0.2, 0) is 4.79 Å². The highest BCUT2D eigenvalue weighted by atomic mass is 16.2. The third-order valence-electron chi connectivity index (χ3n) is 3.13. The normalized spacial score (nSPS) is 17.7. The van der Waals surface area contributed by atoms with Gasteiger partial charge >= 0.3 is 0 Å². The minimum atomic E-state index is -0.265. The van der Waals surface area contributed by atoms with Crippen molar-refractivity contribution in [2.24, 2.45) is 0 Å². The van der Waals surface area contributed by atoms with Gasteiger partial charge in [0.15, 0.2) is 0 Å². The average molecular weight is 272 g/mol. The number of nitrogens with one attached hydrogen (secondary N) is 2. The van der Waals surface area contributed by atoms with Crippen molar-refractivity contribution in [1.82, 2.24) is 15.2 Å². The number of hydrogen-bond acceptors (Lipinski definition) is 4. The summed E-state index contributed by atoms with van der Waals surface area (Å²) in [5.41, 5.74) is 0.431. The molecule has 0 bridgehead atoms. The molecule has 104 valence electrons. The van der Waals surface area contributed by atoms with Crippen molar-refractivity contribution in [2.75, 3.05) is 25.5 Å². The molecule has 2 heterocycles. The van der Waals surface area contributed by atoms with Crippen LogP contribution in [0.15, 0.2) is 18.3 Å². The lowest BCUT2D eigenvalue weighted by molar-refractivity contribution is -0.127. The van der Waals surface area contributed by atoms with E-state index in [0.29, 0.717) is 11.4 Å². The number of nitrogens with zero attached hydrogens (tertiary/aromatic N) is 2. The standard InChI is InChI=1S/C14H16N4O2/c1-3-7-15-13(19)10-4-5-12(16-9-10)17-11-6-8-18(2)14(11)20/h1,4-5,9,11H,6-8H2,2H3,(H,15,19)(H,16,17). The summed E-state index contributed by atoms with van der Waals surface area (Å²) in [5.74, 6) is 2.70. The second kappa shape index (κ2) is 6.06. The van der Waals surface area contributed by atoms with Crippen LogP contribution in [0, 0.1) is 12.3 Å². The number of aromatic nitrogens is 1. The van der Waals surface area contributed by atoms with Gasteiger partial charge in [-0.3, -0.25) is 9.59 Å². The van der Waals surface area contributed by atoms with Crippen LogP contribution in [0.3, 0.4) is 0 Å². The monoisotopic (exact) mass is 272 g/mol. The first-order valence-corrected chi connectivity index (χ1v) is 6.31. The smallest absolute Gasteiger partial charge is 0.253 e. The van der Waals surface area contributed by atoms with E-state index in [-0.39, 0.29) is 24.4 Å². The van der Waals surface area contributed by atoms with Crippen LogP contribution in [0.2, 0.25) is 0 Å². The molecular formula is C14H16N4O2. The summed E-state index contributed by atoms with van der Waals surface area (Å²) in [5, 5.41) is 5.62. The molecule has 0 aliphatic carbocycles. The van der Waals surface area contributed by atoms with Gasteiger partial charge in [-0.1, -0.05) is 5.92 Å². The molecule has 0 aromatic carbocycles. The van der Waals surface area contributed by atoms with Crippen molar-refractivity contribution in [2.45, 2.75) is 12.5 Å². The molecule has 1 aliphatic rings. The summed E-state index contributed by atoms with van der Waals surface area (Å²) < 4.78 is 0. The van der Waals surface area contributed by atoms with Crippen LogP contribution in [0.1, 0.15) is 16.8 Å². The molecule has 1 aromatic rings. The van der Waals surface area contributed by atoms with Crippen molar-refractivity contribution in [1.29, 1.82) is 0 Å². The SMILES string of the molecule is C#CCNC(=O)c1ccc(NC2CCN(C)C2=O)nc1. The summed E-state index contributed by atoms with van der Waals surface area (Å²) in [6.07, 6.45) is 7.28. The van der Waals surface area contributed by atoms with E-state index in [2.05, 4.69) is 21.5 Å². The molecule has 1 atom stereocenters. The van der Waals surface area contributed by atoms with E-state index in [4.69, 9.17) is 6.42 Å². The third kappa shape index (κ3) is 3.06. The van der Waals surface area contributed by atoms with Crippen LogP contribution in [0.5, 0.6) is 0 Å². The van der Waals surface area contributed by atoms with Gasteiger partial charge in [0.2, 0.25) is 5.91 Å². The number of carbonyl (C=O) groups is 2. The molecule has 1 aromatic heterocycles. The number of hydrogen-bond donors (Lipinski definition) is 2. The van der Waals surface area contributed by atoms with Gasteiger partial charge < -0.3 is 15.5 Å². The van der Waals surface area contributed by atoms with E-state index in [1.165, 1.54) is 6.20 Å². The van der Waals surface area contributed by atoms with Gasteiger partial charge in [0.25, 0.3) is 5.91 Å². The van der Waals surface area contributed by atoms with E-state index in [0.717, 1.165) is 13.0 Å². The zero-order chi connectivity index (χ0) is 14.5. The largest absolute Gasteiger partial charge is 0.358 e. The fourth-order valence-electron chi connectivity index (χ4n) is 1.98. The van der Waals surface area contributed by atoms with Crippen LogP contribution < -0.4 is 10.6 Å². The Labute approximate surface area is 117 Å². The van der Waals surface area contributed by atoms with Gasteiger partial charge in [0.05, 0.1) is 12.1 Å². The topological polar surface area (TPSA) is 74.3 Å². The number of likely N-dealkylation sites (N-methyl/N-ethyl adjacent to an activating group) is 1. The van der Waals surface area contributed by atoms with Crippen molar-refractivity contribution in [3.05, 3.63) is 23.9 Å². The number of rotatable bonds is 4. The van der Waals surface area contributed by atoms with Crippen molar-refractivity contribution < 1.29 is 9.59 Å². The number of amides is 2. The predicted molar refractivity (Wildman–Crippen MR) is 75.1 cm³/mol. The van der Waals surface area contributed by atoms with Crippen molar-refractivity contribution >= 4 is 17.6 Å². The predicted octanol–water partition coefficient (Wildman–Crippen LogP) is 0.0872. The summed E-state index contributed by atoms with van der Waals surface area (Å²) in [4.78, 5) is 29.2. The Bertz CT molecular complexity index is 547.